The first-order valence-corrected chi connectivity index (χ1v) is 8.90. The van der Waals surface area contributed by atoms with Crippen LogP contribution in [-0.4, -0.2) is 26.4 Å². The number of ether oxygens (including phenoxy) is 1. The van der Waals surface area contributed by atoms with Gasteiger partial charge in [0.25, 0.3) is 0 Å². The van der Waals surface area contributed by atoms with E-state index in [2.05, 4.69) is 17.1 Å². The fourth-order valence-corrected chi connectivity index (χ4v) is 3.47. The van der Waals surface area contributed by atoms with E-state index in [4.69, 9.17) is 15.3 Å². The van der Waals surface area contributed by atoms with E-state index >= 15 is 0 Å². The molecule has 0 saturated heterocycles. The van der Waals surface area contributed by atoms with Crippen molar-refractivity contribution in [1.29, 1.82) is 5.41 Å². The summed E-state index contributed by atoms with van der Waals surface area (Å²) in [4.78, 5) is 4.41. The van der Waals surface area contributed by atoms with Crippen LogP contribution in [0.2, 0.25) is 0 Å². The van der Waals surface area contributed by atoms with Gasteiger partial charge in [0, 0.05) is 30.7 Å². The molecule has 6 nitrogen and oxygen atoms in total. The maximum Gasteiger partial charge on any atom is 0.228 e. The van der Waals surface area contributed by atoms with E-state index in [1.165, 1.54) is 0 Å². The lowest BCUT2D eigenvalue weighted by molar-refractivity contribution is 0.278. The highest BCUT2D eigenvalue weighted by atomic mass is 16.5. The lowest BCUT2D eigenvalue weighted by Gasteiger charge is -2.28. The number of rotatable bonds is 4. The molecule has 2 heterocycles. The number of nitrogens with one attached hydrogen (secondary N) is 1. The molecule has 2 aromatic carbocycles. The van der Waals surface area contributed by atoms with Gasteiger partial charge in [-0.3, -0.25) is 5.41 Å². The topological polar surface area (TPSA) is 91.4 Å². The zero-order valence-corrected chi connectivity index (χ0v) is 15.0. The fraction of sp³-hybridized carbons (Fsp3) is 0.238. The Hall–Kier alpha value is -3.12. The van der Waals surface area contributed by atoms with Crippen LogP contribution in [0.5, 0.6) is 17.4 Å². The number of aryl methyl sites for hydroxylation is 2. The summed E-state index contributed by atoms with van der Waals surface area (Å²) in [6.45, 7) is 2.61. The Balaban J connectivity index is 1.93. The first kappa shape index (κ1) is 17.3. The molecule has 3 aromatic rings. The highest BCUT2D eigenvalue weighted by Crippen LogP contribution is 2.45. The smallest absolute Gasteiger partial charge is 0.228 e. The second kappa shape index (κ2) is 6.89. The Kier molecular flexibility index (Phi) is 4.41. The molecule has 1 aliphatic heterocycles. The zero-order valence-electron chi connectivity index (χ0n) is 15.0. The number of fused-ring (bicyclic) bond motifs is 2. The standard InChI is InChI=1S/C21H21N3O3/c1-13-3-5-14(6-4-13)18-16-8-7-15(26)11-17(16)27-21-19(18)20(22)24(12-23-21)9-2-10-25/h3-8,11-12,18,22,25-26H,2,9-10H2,1H3/t18-/m1/s1. The lowest BCUT2D eigenvalue weighted by Crippen LogP contribution is -2.30. The summed E-state index contributed by atoms with van der Waals surface area (Å²) < 4.78 is 7.65. The van der Waals surface area contributed by atoms with E-state index in [1.54, 1.807) is 23.0 Å². The van der Waals surface area contributed by atoms with Gasteiger partial charge in [0.05, 0.1) is 5.56 Å². The van der Waals surface area contributed by atoms with E-state index in [1.807, 2.05) is 25.1 Å². The predicted molar refractivity (Wildman–Crippen MR) is 100 cm³/mol. The van der Waals surface area contributed by atoms with Crippen LogP contribution in [0.1, 0.15) is 34.6 Å². The van der Waals surface area contributed by atoms with Crippen LogP contribution in [0, 0.1) is 12.3 Å². The summed E-state index contributed by atoms with van der Waals surface area (Å²) in [6.07, 6.45) is 2.12. The SMILES string of the molecule is Cc1ccc([C@@H]2c3ccc(O)cc3Oc3ncn(CCCO)c(=N)c32)cc1. The Bertz CT molecular complexity index is 1040. The molecule has 0 amide bonds. The van der Waals surface area contributed by atoms with Gasteiger partial charge in [-0.25, -0.2) is 4.98 Å². The number of aliphatic hydroxyl groups excluding tert-OH is 1. The van der Waals surface area contributed by atoms with Crippen molar-refractivity contribution in [3.05, 3.63) is 76.5 Å². The van der Waals surface area contributed by atoms with Crippen molar-refractivity contribution in [3.63, 3.8) is 0 Å². The summed E-state index contributed by atoms with van der Waals surface area (Å²) in [5.41, 5.74) is 4.09. The third-order valence-electron chi connectivity index (χ3n) is 4.86. The number of aromatic hydroxyl groups is 1. The van der Waals surface area contributed by atoms with Crippen LogP contribution in [0.25, 0.3) is 0 Å². The van der Waals surface area contributed by atoms with E-state index in [0.29, 0.717) is 35.6 Å². The monoisotopic (exact) mass is 363 g/mol. The van der Waals surface area contributed by atoms with Gasteiger partial charge < -0.3 is 19.5 Å². The molecule has 4 rings (SSSR count). The van der Waals surface area contributed by atoms with Crippen LogP contribution in [0.4, 0.5) is 0 Å². The second-order valence-corrected chi connectivity index (χ2v) is 6.75. The molecule has 27 heavy (non-hydrogen) atoms. The number of aliphatic hydroxyl groups is 1. The first-order chi connectivity index (χ1) is 13.1. The summed E-state index contributed by atoms with van der Waals surface area (Å²) in [7, 11) is 0. The fourth-order valence-electron chi connectivity index (χ4n) is 3.47. The molecule has 6 heteroatoms. The Labute approximate surface area is 156 Å². The van der Waals surface area contributed by atoms with E-state index in [9.17, 15) is 5.11 Å². The summed E-state index contributed by atoms with van der Waals surface area (Å²) in [5, 5.41) is 27.7. The summed E-state index contributed by atoms with van der Waals surface area (Å²) in [6, 6.07) is 13.2. The van der Waals surface area contributed by atoms with Gasteiger partial charge in [-0.05, 0) is 25.0 Å². The minimum atomic E-state index is -0.216. The number of phenols is 1. The van der Waals surface area contributed by atoms with Crippen molar-refractivity contribution in [2.24, 2.45) is 0 Å². The van der Waals surface area contributed by atoms with Crippen molar-refractivity contribution >= 4 is 0 Å². The van der Waals surface area contributed by atoms with Gasteiger partial charge in [-0.1, -0.05) is 35.9 Å². The van der Waals surface area contributed by atoms with Gasteiger partial charge in [0.15, 0.2) is 0 Å². The van der Waals surface area contributed by atoms with Gasteiger partial charge in [0.1, 0.15) is 23.3 Å². The minimum Gasteiger partial charge on any atom is -0.508 e. The predicted octanol–water partition coefficient (Wildman–Crippen LogP) is 3.04. The van der Waals surface area contributed by atoms with Gasteiger partial charge in [-0.15, -0.1) is 0 Å². The molecule has 0 unspecified atom stereocenters. The van der Waals surface area contributed by atoms with Crippen LogP contribution in [0.3, 0.4) is 0 Å². The average Bonchev–Trinajstić information content (AvgIpc) is 2.66. The molecule has 0 bridgehead atoms. The lowest BCUT2D eigenvalue weighted by atomic mass is 9.83. The van der Waals surface area contributed by atoms with Crippen LogP contribution in [0.15, 0.2) is 48.8 Å². The number of hydrogen-bond donors (Lipinski definition) is 3. The van der Waals surface area contributed by atoms with Gasteiger partial charge in [0.2, 0.25) is 5.88 Å². The third kappa shape index (κ3) is 3.08. The number of benzene rings is 2. The largest absolute Gasteiger partial charge is 0.508 e. The van der Waals surface area contributed by atoms with Gasteiger partial charge >= 0.3 is 0 Å². The van der Waals surface area contributed by atoms with Crippen molar-refractivity contribution in [1.82, 2.24) is 9.55 Å². The quantitative estimate of drug-likeness (QED) is 0.520. The Morgan fingerprint density at radius 3 is 2.70 bits per heavy atom. The van der Waals surface area contributed by atoms with E-state index in [0.717, 1.165) is 16.7 Å². The van der Waals surface area contributed by atoms with Gasteiger partial charge in [-0.2, -0.15) is 0 Å². The van der Waals surface area contributed by atoms with Crippen molar-refractivity contribution in [3.8, 4) is 17.4 Å². The number of aromatic nitrogens is 2. The molecule has 0 fully saturated rings. The summed E-state index contributed by atoms with van der Waals surface area (Å²) >= 11 is 0. The van der Waals surface area contributed by atoms with Crippen molar-refractivity contribution < 1.29 is 14.9 Å². The molecular formula is C21H21N3O3. The van der Waals surface area contributed by atoms with Crippen LogP contribution >= 0.6 is 0 Å². The zero-order chi connectivity index (χ0) is 19.0. The van der Waals surface area contributed by atoms with Crippen molar-refractivity contribution in [2.45, 2.75) is 25.8 Å². The minimum absolute atomic E-state index is 0.0591. The Morgan fingerprint density at radius 2 is 1.96 bits per heavy atom. The van der Waals surface area contributed by atoms with Crippen molar-refractivity contribution in [2.75, 3.05) is 6.61 Å². The number of nitrogens with zero attached hydrogens (tertiary/aromatic N) is 2. The van der Waals surface area contributed by atoms with Crippen LogP contribution < -0.4 is 10.2 Å². The highest BCUT2D eigenvalue weighted by molar-refractivity contribution is 5.57. The molecule has 1 aromatic heterocycles. The second-order valence-electron chi connectivity index (χ2n) is 6.75. The molecular weight excluding hydrogens is 342 g/mol. The molecule has 0 aliphatic carbocycles. The Morgan fingerprint density at radius 1 is 1.19 bits per heavy atom. The highest BCUT2D eigenvalue weighted by Gasteiger charge is 2.32. The maximum atomic E-state index is 9.86. The average molecular weight is 363 g/mol. The molecule has 1 aliphatic rings. The molecule has 138 valence electrons. The molecule has 0 saturated carbocycles. The molecule has 0 spiro atoms. The molecule has 0 radical (unpaired) electrons. The molecule has 3 N–H and O–H groups in total. The number of hydrogen-bond acceptors (Lipinski definition) is 5. The third-order valence-corrected chi connectivity index (χ3v) is 4.86. The first-order valence-electron chi connectivity index (χ1n) is 8.90. The maximum absolute atomic E-state index is 9.86. The molecule has 1 atom stereocenters. The summed E-state index contributed by atoms with van der Waals surface area (Å²) in [5.74, 6) is 0.837. The number of phenolic OH excluding ortho intramolecular Hbond substituents is 1. The van der Waals surface area contributed by atoms with Crippen LogP contribution in [-0.2, 0) is 6.54 Å². The van der Waals surface area contributed by atoms with E-state index < -0.39 is 0 Å². The van der Waals surface area contributed by atoms with E-state index in [-0.39, 0.29) is 18.3 Å². The normalized spacial score (nSPS) is 15.0.